The first-order chi connectivity index (χ1) is 13.1. The van der Waals surface area contributed by atoms with E-state index in [2.05, 4.69) is 5.32 Å². The number of hydrogen-bond donors (Lipinski definition) is 1. The maximum absolute atomic E-state index is 12.9. The van der Waals surface area contributed by atoms with Crippen LogP contribution in [0.15, 0.2) is 24.3 Å². The van der Waals surface area contributed by atoms with Crippen LogP contribution >= 0.6 is 0 Å². The molecule has 9 heteroatoms. The summed E-state index contributed by atoms with van der Waals surface area (Å²) in [5.74, 6) is -1.87. The van der Waals surface area contributed by atoms with Crippen molar-refractivity contribution in [3.63, 3.8) is 0 Å². The molecule has 1 N–H and O–H groups in total. The van der Waals surface area contributed by atoms with E-state index in [1.54, 1.807) is 13.8 Å². The first kappa shape index (κ1) is 21.7. The summed E-state index contributed by atoms with van der Waals surface area (Å²) in [6, 6.07) is 2.14. The zero-order valence-electron chi connectivity index (χ0n) is 15.9. The van der Waals surface area contributed by atoms with E-state index in [9.17, 15) is 27.6 Å². The summed E-state index contributed by atoms with van der Waals surface area (Å²) in [5.41, 5.74) is -0.851. The molecule has 154 valence electrons. The van der Waals surface area contributed by atoms with Gasteiger partial charge in [0.05, 0.1) is 12.7 Å². The number of methoxy groups -OCH3 is 1. The molecule has 1 heterocycles. The van der Waals surface area contributed by atoms with Crippen LogP contribution in [-0.2, 0) is 20.5 Å². The van der Waals surface area contributed by atoms with E-state index >= 15 is 0 Å². The quantitative estimate of drug-likeness (QED) is 0.771. The molecule has 0 saturated carbocycles. The number of halogens is 3. The average Bonchev–Trinajstić information content (AvgIpc) is 3.13. The van der Waals surface area contributed by atoms with Crippen LogP contribution in [0.1, 0.15) is 42.6 Å². The van der Waals surface area contributed by atoms with Crippen LogP contribution in [0.2, 0.25) is 0 Å². The predicted octanol–water partition coefficient (Wildman–Crippen LogP) is 2.62. The molecule has 2 amide bonds. The second kappa shape index (κ2) is 8.62. The molecule has 2 atom stereocenters. The van der Waals surface area contributed by atoms with Gasteiger partial charge in [0.15, 0.2) is 0 Å². The molecule has 1 aliphatic heterocycles. The number of hydrogen-bond acceptors (Lipinski definition) is 4. The van der Waals surface area contributed by atoms with Crippen molar-refractivity contribution in [3.05, 3.63) is 35.4 Å². The summed E-state index contributed by atoms with van der Waals surface area (Å²) < 4.78 is 42.7. The molecule has 0 radical (unpaired) electrons. The second-order valence-electron chi connectivity index (χ2n) is 6.98. The molecule has 6 nitrogen and oxygen atoms in total. The van der Waals surface area contributed by atoms with Crippen molar-refractivity contribution in [2.75, 3.05) is 13.7 Å². The number of likely N-dealkylation sites (tertiary alicyclic amines) is 1. The topological polar surface area (TPSA) is 75.7 Å². The van der Waals surface area contributed by atoms with Crippen LogP contribution in [0.3, 0.4) is 0 Å². The molecule has 1 aliphatic rings. The third-order valence-electron chi connectivity index (χ3n) is 4.70. The van der Waals surface area contributed by atoms with E-state index in [0.29, 0.717) is 19.4 Å². The number of carbonyl (C=O) groups is 3. The van der Waals surface area contributed by atoms with Crippen LogP contribution < -0.4 is 5.32 Å². The molecule has 1 unspecified atom stereocenters. The van der Waals surface area contributed by atoms with E-state index in [1.807, 2.05) is 0 Å². The molecule has 0 aromatic heterocycles. The summed E-state index contributed by atoms with van der Waals surface area (Å²) in [4.78, 5) is 38.7. The summed E-state index contributed by atoms with van der Waals surface area (Å²) in [7, 11) is 1.25. The average molecular weight is 400 g/mol. The van der Waals surface area contributed by atoms with Crippen LogP contribution in [0.5, 0.6) is 0 Å². The Kier molecular flexibility index (Phi) is 6.69. The summed E-state index contributed by atoms with van der Waals surface area (Å²) >= 11 is 0. The molecule has 0 aliphatic carbocycles. The Balaban J connectivity index is 2.15. The van der Waals surface area contributed by atoms with Crippen molar-refractivity contribution in [1.82, 2.24) is 10.2 Å². The Hall–Kier alpha value is -2.58. The van der Waals surface area contributed by atoms with Crippen molar-refractivity contribution in [1.29, 1.82) is 0 Å². The van der Waals surface area contributed by atoms with Gasteiger partial charge in [0.1, 0.15) is 12.1 Å². The van der Waals surface area contributed by atoms with Gasteiger partial charge in [0.25, 0.3) is 5.91 Å². The van der Waals surface area contributed by atoms with Gasteiger partial charge in [-0.3, -0.25) is 9.59 Å². The lowest BCUT2D eigenvalue weighted by molar-refractivity contribution is -0.151. The fraction of sp³-hybridized carbons (Fsp3) is 0.526. The zero-order chi connectivity index (χ0) is 21.1. The highest BCUT2D eigenvalue weighted by Crippen LogP contribution is 2.29. The Labute approximate surface area is 161 Å². The van der Waals surface area contributed by atoms with Crippen molar-refractivity contribution in [2.24, 2.45) is 5.92 Å². The first-order valence-corrected chi connectivity index (χ1v) is 8.92. The van der Waals surface area contributed by atoms with Crippen LogP contribution in [0.4, 0.5) is 13.2 Å². The molecule has 1 saturated heterocycles. The molecule has 28 heavy (non-hydrogen) atoms. The molecule has 1 fully saturated rings. The minimum absolute atomic E-state index is 0.0115. The van der Waals surface area contributed by atoms with Gasteiger partial charge in [0.2, 0.25) is 5.91 Å². The summed E-state index contributed by atoms with van der Waals surface area (Å²) in [6.07, 6.45) is -3.37. The number of esters is 1. The number of amides is 2. The second-order valence-corrected chi connectivity index (χ2v) is 6.98. The summed E-state index contributed by atoms with van der Waals surface area (Å²) in [6.45, 7) is 3.84. The third-order valence-corrected chi connectivity index (χ3v) is 4.70. The zero-order valence-corrected chi connectivity index (χ0v) is 15.9. The minimum atomic E-state index is -4.50. The highest BCUT2D eigenvalue weighted by atomic mass is 19.4. The van der Waals surface area contributed by atoms with Gasteiger partial charge in [-0.25, -0.2) is 4.79 Å². The monoisotopic (exact) mass is 400 g/mol. The van der Waals surface area contributed by atoms with Crippen LogP contribution in [0.25, 0.3) is 0 Å². The van der Waals surface area contributed by atoms with Gasteiger partial charge in [-0.05, 0) is 43.0 Å². The standard InChI is InChI=1S/C19H23F3N2O4/c1-11(2)15(17(26)24-10-4-5-14(24)18(27)28-3)23-16(25)12-6-8-13(9-7-12)19(20,21)22/h6-9,11,14-15H,4-5,10H2,1-3H3,(H,23,25)/t14-,15?/m0/s1. The van der Waals surface area contributed by atoms with Crippen molar-refractivity contribution < 1.29 is 32.3 Å². The highest BCUT2D eigenvalue weighted by molar-refractivity contribution is 5.98. The third kappa shape index (κ3) is 4.82. The largest absolute Gasteiger partial charge is 0.467 e. The molecule has 0 spiro atoms. The highest BCUT2D eigenvalue weighted by Gasteiger charge is 2.39. The van der Waals surface area contributed by atoms with Crippen LogP contribution in [0, 0.1) is 5.92 Å². The lowest BCUT2D eigenvalue weighted by Crippen LogP contribution is -2.53. The van der Waals surface area contributed by atoms with Gasteiger partial charge in [0, 0.05) is 12.1 Å². The number of carbonyl (C=O) groups excluding carboxylic acids is 3. The molecular formula is C19H23F3N2O4. The minimum Gasteiger partial charge on any atom is -0.467 e. The van der Waals surface area contributed by atoms with E-state index in [4.69, 9.17) is 4.74 Å². The van der Waals surface area contributed by atoms with Gasteiger partial charge in [-0.2, -0.15) is 13.2 Å². The Bertz CT molecular complexity index is 732. The van der Waals surface area contributed by atoms with E-state index in [1.165, 1.54) is 12.0 Å². The summed E-state index contributed by atoms with van der Waals surface area (Å²) in [5, 5.41) is 2.58. The number of nitrogens with one attached hydrogen (secondary N) is 1. The van der Waals surface area contributed by atoms with Crippen molar-refractivity contribution >= 4 is 17.8 Å². The van der Waals surface area contributed by atoms with E-state index in [0.717, 1.165) is 24.3 Å². The number of rotatable bonds is 5. The smallest absolute Gasteiger partial charge is 0.416 e. The Morgan fingerprint density at radius 2 is 1.79 bits per heavy atom. The maximum Gasteiger partial charge on any atom is 0.416 e. The lowest BCUT2D eigenvalue weighted by Gasteiger charge is -2.29. The van der Waals surface area contributed by atoms with Crippen molar-refractivity contribution in [2.45, 2.75) is 44.9 Å². The van der Waals surface area contributed by atoms with Crippen molar-refractivity contribution in [3.8, 4) is 0 Å². The van der Waals surface area contributed by atoms with Gasteiger partial charge in [-0.1, -0.05) is 13.8 Å². The lowest BCUT2D eigenvalue weighted by atomic mass is 10.0. The van der Waals surface area contributed by atoms with E-state index in [-0.39, 0.29) is 11.5 Å². The van der Waals surface area contributed by atoms with Gasteiger partial charge < -0.3 is 15.0 Å². The van der Waals surface area contributed by atoms with E-state index < -0.39 is 41.6 Å². The molecular weight excluding hydrogens is 377 g/mol. The Morgan fingerprint density at radius 1 is 1.18 bits per heavy atom. The maximum atomic E-state index is 12.9. The fourth-order valence-electron chi connectivity index (χ4n) is 3.14. The number of alkyl halides is 3. The Morgan fingerprint density at radius 3 is 2.29 bits per heavy atom. The molecule has 1 aromatic carbocycles. The number of benzene rings is 1. The fourth-order valence-corrected chi connectivity index (χ4v) is 3.14. The van der Waals surface area contributed by atoms with Gasteiger partial charge in [-0.15, -0.1) is 0 Å². The van der Waals surface area contributed by atoms with Crippen LogP contribution in [-0.4, -0.2) is 48.4 Å². The molecule has 0 bridgehead atoms. The number of ether oxygens (including phenoxy) is 1. The normalized spacial score (nSPS) is 18.1. The SMILES string of the molecule is COC(=O)[C@@H]1CCCN1C(=O)C(NC(=O)c1ccc(C(F)(F)F)cc1)C(C)C. The molecule has 2 rings (SSSR count). The molecule has 1 aromatic rings. The first-order valence-electron chi connectivity index (χ1n) is 8.92. The number of nitrogens with zero attached hydrogens (tertiary/aromatic N) is 1. The predicted molar refractivity (Wildman–Crippen MR) is 94.3 cm³/mol. The van der Waals surface area contributed by atoms with Gasteiger partial charge >= 0.3 is 12.1 Å².